The molecule has 0 bridgehead atoms. The number of aliphatic imine (C=N–C) groups is 1. The van der Waals surface area contributed by atoms with Gasteiger partial charge in [-0.1, -0.05) is 120 Å². The number of alkyl halides is 5. The van der Waals surface area contributed by atoms with Gasteiger partial charge in [-0.15, -0.1) is 0 Å². The number of imidazole rings is 3. The molecule has 4 aromatic carbocycles. The van der Waals surface area contributed by atoms with Crippen LogP contribution in [-0.4, -0.2) is 219 Å². The second-order valence-corrected chi connectivity index (χ2v) is 32.1. The predicted octanol–water partition coefficient (Wildman–Crippen LogP) is 13.9. The number of aromatic amines is 3. The number of H-pyrrole nitrogens is 3. The number of rotatable bonds is 20. The molecule has 0 unspecified atom stereocenters. The molecule has 648 valence electrons. The van der Waals surface area contributed by atoms with Crippen molar-refractivity contribution in [3.63, 3.8) is 0 Å². The molecule has 7 aromatic rings. The zero-order valence-corrected chi connectivity index (χ0v) is 71.4. The van der Waals surface area contributed by atoms with E-state index in [1.54, 1.807) is 80.4 Å². The van der Waals surface area contributed by atoms with Gasteiger partial charge in [-0.25, -0.2) is 51.1 Å². The third-order valence-electron chi connectivity index (χ3n) is 21.3. The van der Waals surface area contributed by atoms with E-state index in [4.69, 9.17) is 25.7 Å². The Bertz CT molecular complexity index is 5210. The molecule has 4 fully saturated rings. The number of carbonyl (C=O) groups excluding carboxylic acids is 8. The summed E-state index contributed by atoms with van der Waals surface area (Å²) >= 11 is 3.43. The molecule has 8 heterocycles. The molecule has 7 N–H and O–H groups in total. The second kappa shape index (κ2) is 42.2. The molecule has 4 saturated heterocycles. The zero-order valence-electron chi connectivity index (χ0n) is 70.8. The first-order chi connectivity index (χ1) is 59.0. The van der Waals surface area contributed by atoms with Crippen molar-refractivity contribution in [2.24, 2.45) is 28.7 Å². The van der Waals surface area contributed by atoms with E-state index >= 15 is 0 Å². The first-order valence-electron chi connectivity index (χ1n) is 40.1. The molecule has 5 aliphatic rings. The Morgan fingerprint density at radius 2 is 0.813 bits per heavy atom. The first-order valence-corrected chi connectivity index (χ1v) is 40.2. The molecule has 0 aliphatic carbocycles. The Labute approximate surface area is 720 Å². The largest absolute Gasteiger partial charge is 0.453 e. The fourth-order valence-electron chi connectivity index (χ4n) is 14.8. The Hall–Kier alpha value is -12.7. The summed E-state index contributed by atoms with van der Waals surface area (Å²) in [6.07, 6.45) is 10.8. The maximum Gasteiger partial charge on any atom is 0.407 e. The summed E-state index contributed by atoms with van der Waals surface area (Å²) in [6.45, 7) is 28.3. The third kappa shape index (κ3) is 23.7. The SMILES string of the molecule is [2H]CF.[C+]#Cc1ccc(-c2cnc([C@@H]3CC(F)(F)CN3C(=O)[C@@H](NC(=O)OC)C(C)C)[nH]2)cc1.[C-]#[N+][C@H]1C[C@@H](c2ncc(-c3ccc(Br)cc3)[nH]2)N(C(=O)[C@@H](NC(=O)OC)C(C)C)C1.[C-]#[N+][C@H]1C[C@@H](c2ncc(-c3ccc(C#Cc4ccc(C5=CN=C([C@@H]6CC(F)(F)CN6C(=O)[C@@H](NC(=O)OC)C(C)C)C5)cc4)cc3)[nH]2)N(C(=O)[C@@H](NC(=O)OC)C(C)C)C1. The number of halogens is 6. The predicted molar refractivity (Wildman–Crippen MR) is 450 cm³/mol. The summed E-state index contributed by atoms with van der Waals surface area (Å²) < 4.78 is 93.3. The van der Waals surface area contributed by atoms with Gasteiger partial charge < -0.3 is 74.6 Å². The van der Waals surface area contributed by atoms with Gasteiger partial charge in [0.05, 0.1) is 111 Å². The van der Waals surface area contributed by atoms with Gasteiger partial charge in [-0.05, 0) is 82.3 Å². The van der Waals surface area contributed by atoms with Gasteiger partial charge in [0, 0.05) is 40.4 Å². The van der Waals surface area contributed by atoms with E-state index in [9.17, 15) is 60.3 Å². The van der Waals surface area contributed by atoms with Gasteiger partial charge >= 0.3 is 155 Å². The van der Waals surface area contributed by atoms with Crippen molar-refractivity contribution in [1.29, 1.82) is 0 Å². The smallest absolute Gasteiger partial charge is 0.407 e. The second-order valence-electron chi connectivity index (χ2n) is 31.2. The van der Waals surface area contributed by atoms with E-state index in [-0.39, 0.29) is 59.9 Å². The zero-order chi connectivity index (χ0) is 90.6. The summed E-state index contributed by atoms with van der Waals surface area (Å²) in [6, 6.07) is 22.9. The number of methoxy groups -OCH3 is 4. The molecule has 8 amide bonds. The van der Waals surface area contributed by atoms with Crippen molar-refractivity contribution in [3.8, 4) is 51.5 Å². The number of alkyl carbamates (subject to hydrolysis) is 4. The van der Waals surface area contributed by atoms with Gasteiger partial charge in [0.1, 0.15) is 29.8 Å². The summed E-state index contributed by atoms with van der Waals surface area (Å²) in [5.41, 5.74) is 9.04. The van der Waals surface area contributed by atoms with Crippen molar-refractivity contribution < 1.29 is 80.6 Å². The minimum Gasteiger partial charge on any atom is -0.453 e. The molecule has 3 aromatic heterocycles. The molecule has 29 nitrogen and oxygen atoms in total. The van der Waals surface area contributed by atoms with E-state index in [2.05, 4.69) is 114 Å². The number of nitrogens with one attached hydrogen (secondary N) is 7. The van der Waals surface area contributed by atoms with Crippen LogP contribution in [0.25, 0.3) is 49.0 Å². The summed E-state index contributed by atoms with van der Waals surface area (Å²) in [5.74, 6) is 1.06. The summed E-state index contributed by atoms with van der Waals surface area (Å²) in [4.78, 5) is 141. The van der Waals surface area contributed by atoms with Crippen molar-refractivity contribution in [1.82, 2.24) is 70.8 Å². The quantitative estimate of drug-likeness (QED) is 0.0161. The Kier molecular flexibility index (Phi) is 31.8. The van der Waals surface area contributed by atoms with Crippen LogP contribution in [0.5, 0.6) is 0 Å². The van der Waals surface area contributed by atoms with E-state index < -0.39 is 129 Å². The molecule has 12 rings (SSSR count). The molecular weight excluding hydrogens is 1660 g/mol. The van der Waals surface area contributed by atoms with Crippen LogP contribution in [0.1, 0.15) is 147 Å². The average molecular weight is 1760 g/mol. The standard InChI is InChI=1S/C44H48F2N8O6.C22H22F2N4O3.C21H24BrN5O3.CH3F/c1-25(2)37(51-42(57)59-6)40(55)53-23-32(47-5)19-35(53)39-49-22-34(50-39)30-16-12-28(13-17-30)9-8-27-10-14-29(15-11-27)31-18-33(48-21-31)36-20-44(45,46)24-54(36)41(56)38(26(3)4)52-43(58)60-7;1-5-14-6-8-15(9-7-14)16-11-25-19(26-16)17-10-22(23,24)12-28(17)20(29)18(13(2)3)27-21(30)31-4;1-12(2)18(26-21(29)30-4)20(28)27-11-15(23-3)9-17(27)19-24-10-16(25-19)13-5-7-14(22)8-6-13;1-2/h10-17,21-22,25-26,32,35-38H,18-20,23-24H2,1-4,6-7H3,(H,49,50)(H,51,57)(H,52,58);6-9,11,13,17-18H,10,12H2,2-4H3,(H-,25,26,27,30);5-8,10,12,15,17-18H,9,11H2,1-2,4H3,(H,24,25)(H,26,29);1H3/p+1/t32-,35-,36-,37-,38-;17-,18-;15-,17-,18-;/m000./s1/i;;;1D. The van der Waals surface area contributed by atoms with Crippen molar-refractivity contribution in [2.75, 3.05) is 61.8 Å². The Balaban J connectivity index is 0.000000228. The number of aromatic nitrogens is 6. The summed E-state index contributed by atoms with van der Waals surface area (Å²) in [5, 5.41) is 10.2. The van der Waals surface area contributed by atoms with E-state index in [0.29, 0.717) is 54.4 Å². The molecular formula is C88H98BrF5N17O12+. The van der Waals surface area contributed by atoms with Crippen LogP contribution >= 0.6 is 15.9 Å². The third-order valence-corrected chi connectivity index (χ3v) is 21.9. The minimum absolute atomic E-state index is 0.140. The van der Waals surface area contributed by atoms with E-state index in [1.807, 2.05) is 100 Å². The van der Waals surface area contributed by atoms with Crippen LogP contribution in [-0.2, 0) is 38.1 Å². The summed E-state index contributed by atoms with van der Waals surface area (Å²) in [7, 11) is 3.84. The maximum absolute atomic E-state index is 14.8. The van der Waals surface area contributed by atoms with Crippen molar-refractivity contribution >= 4 is 75.2 Å². The molecule has 123 heavy (non-hydrogen) atoms. The van der Waals surface area contributed by atoms with Crippen LogP contribution < -0.4 is 21.3 Å². The molecule has 0 saturated carbocycles. The number of nitrogens with zero attached hydrogens (tertiary/aromatic N) is 10. The fourth-order valence-corrected chi connectivity index (χ4v) is 15.0. The van der Waals surface area contributed by atoms with Gasteiger partial charge in [0.25, 0.3) is 5.92 Å². The van der Waals surface area contributed by atoms with Gasteiger partial charge in [-0.2, -0.15) is 0 Å². The first kappa shape index (κ1) is 92.6. The number of ether oxygens (including phenoxy) is 4. The van der Waals surface area contributed by atoms with Crippen LogP contribution in [0.4, 0.5) is 41.1 Å². The number of allylic oxidation sites excluding steroid dienone is 1. The van der Waals surface area contributed by atoms with Crippen LogP contribution in [0.3, 0.4) is 0 Å². The maximum atomic E-state index is 14.8. The normalized spacial score (nSPS) is 19.5. The number of likely N-dealkylation sites (tertiary alicyclic amines) is 4. The Morgan fingerprint density at radius 1 is 0.504 bits per heavy atom. The van der Waals surface area contributed by atoms with Crippen LogP contribution in [0.2, 0.25) is 0 Å². The van der Waals surface area contributed by atoms with E-state index in [0.717, 1.165) is 64.6 Å². The minimum atomic E-state index is -3.10. The average Bonchev–Trinajstić information content (AvgIpc) is 1.65. The van der Waals surface area contributed by atoms with Gasteiger partial charge in [0.15, 0.2) is 0 Å². The number of hydrogen-bond acceptors (Lipinski definition) is 16. The van der Waals surface area contributed by atoms with Crippen LogP contribution in [0, 0.1) is 61.0 Å². The Morgan fingerprint density at radius 3 is 1.15 bits per heavy atom. The van der Waals surface area contributed by atoms with Gasteiger partial charge in [0.2, 0.25) is 29.8 Å². The number of hydrogen-bond donors (Lipinski definition) is 7. The monoisotopic (exact) mass is 1760 g/mol. The molecule has 0 spiro atoms. The van der Waals surface area contributed by atoms with Crippen LogP contribution in [0.15, 0.2) is 131 Å². The molecule has 35 heteroatoms. The van der Waals surface area contributed by atoms with Crippen molar-refractivity contribution in [2.45, 2.75) is 160 Å². The fraction of sp³-hybridized carbons (Fsp3) is 0.432. The number of carbonyl (C=O) groups is 8. The molecule has 5 aliphatic heterocycles. The molecule has 10 atom stereocenters. The molecule has 0 radical (unpaired) electrons. The van der Waals surface area contributed by atoms with E-state index in [1.165, 1.54) is 34.6 Å². The van der Waals surface area contributed by atoms with Gasteiger partial charge in [-0.3, -0.25) is 23.8 Å². The topological polar surface area (TPSA) is 342 Å². The number of amides is 8. The van der Waals surface area contributed by atoms with Crippen molar-refractivity contribution in [3.05, 3.63) is 195 Å². The number of benzene rings is 4.